The molecule has 1 rings (SSSR count). The third-order valence-electron chi connectivity index (χ3n) is 1.93. The van der Waals surface area contributed by atoms with Crippen molar-refractivity contribution in [3.63, 3.8) is 0 Å². The Morgan fingerprint density at radius 1 is 1.33 bits per heavy atom. The van der Waals surface area contributed by atoms with Gasteiger partial charge in [0.05, 0.1) is 6.07 Å². The molecule has 0 fully saturated rings. The third kappa shape index (κ3) is 1.84. The van der Waals surface area contributed by atoms with Crippen LogP contribution in [-0.2, 0) is 0 Å². The first-order chi connectivity index (χ1) is 5.75. The lowest BCUT2D eigenvalue weighted by atomic mass is 9.96. The Morgan fingerprint density at radius 3 is 2.42 bits per heavy atom. The largest absolute Gasteiger partial charge is 0.378 e. The summed E-state index contributed by atoms with van der Waals surface area (Å²) in [5.74, 6) is -0.115. The summed E-state index contributed by atoms with van der Waals surface area (Å²) in [7, 11) is 0. The summed E-state index contributed by atoms with van der Waals surface area (Å²) >= 11 is 0. The van der Waals surface area contributed by atoms with E-state index in [0.29, 0.717) is 0 Å². The molecule has 12 heavy (non-hydrogen) atoms. The van der Waals surface area contributed by atoms with Gasteiger partial charge in [-0.15, -0.1) is 0 Å². The fourth-order valence-electron chi connectivity index (χ4n) is 1.05. The van der Waals surface area contributed by atoms with Gasteiger partial charge in [0.25, 0.3) is 0 Å². The fraction of sp³-hybridized carbons (Fsp3) is 0.300. The highest BCUT2D eigenvalue weighted by Crippen LogP contribution is 2.17. The minimum Gasteiger partial charge on any atom is -0.378 e. The first-order valence-corrected chi connectivity index (χ1v) is 3.88. The first-order valence-electron chi connectivity index (χ1n) is 3.88. The van der Waals surface area contributed by atoms with E-state index in [1.807, 2.05) is 43.3 Å². The topological polar surface area (TPSA) is 44.0 Å². The highest BCUT2D eigenvalue weighted by molar-refractivity contribution is 5.21. The van der Waals surface area contributed by atoms with Crippen molar-refractivity contribution >= 4 is 0 Å². The maximum Gasteiger partial charge on any atom is 0.147 e. The van der Waals surface area contributed by atoms with Crippen LogP contribution in [0, 0.1) is 11.3 Å². The minimum atomic E-state index is -0.910. The van der Waals surface area contributed by atoms with E-state index in [2.05, 4.69) is 0 Å². The number of aliphatic hydroxyl groups is 1. The molecule has 0 saturated heterocycles. The second kappa shape index (κ2) is 3.89. The molecular formula is C10H11NO. The van der Waals surface area contributed by atoms with Gasteiger partial charge in [-0.1, -0.05) is 37.3 Å². The number of aliphatic hydroxyl groups excluding tert-OH is 1. The van der Waals surface area contributed by atoms with E-state index in [9.17, 15) is 5.11 Å². The summed E-state index contributed by atoms with van der Waals surface area (Å²) in [4.78, 5) is 0. The van der Waals surface area contributed by atoms with Gasteiger partial charge in [-0.25, -0.2) is 0 Å². The highest BCUT2D eigenvalue weighted by Gasteiger charge is 2.14. The van der Waals surface area contributed by atoms with Gasteiger partial charge in [0.15, 0.2) is 0 Å². The molecule has 0 aliphatic rings. The Bertz CT molecular complexity index is 276. The van der Waals surface area contributed by atoms with Crippen LogP contribution in [0.1, 0.15) is 18.4 Å². The number of rotatable bonds is 2. The van der Waals surface area contributed by atoms with Crippen LogP contribution >= 0.6 is 0 Å². The molecule has 0 unspecified atom stereocenters. The monoisotopic (exact) mass is 161 g/mol. The van der Waals surface area contributed by atoms with Crippen LogP contribution in [0.2, 0.25) is 0 Å². The van der Waals surface area contributed by atoms with Gasteiger partial charge < -0.3 is 5.11 Å². The Balaban J connectivity index is 2.80. The highest BCUT2D eigenvalue weighted by atomic mass is 16.3. The zero-order valence-corrected chi connectivity index (χ0v) is 6.94. The van der Waals surface area contributed by atoms with Crippen molar-refractivity contribution in [3.05, 3.63) is 35.9 Å². The maximum absolute atomic E-state index is 9.22. The van der Waals surface area contributed by atoms with E-state index in [4.69, 9.17) is 5.26 Å². The second-order valence-corrected chi connectivity index (χ2v) is 2.77. The Hall–Kier alpha value is -1.33. The lowest BCUT2D eigenvalue weighted by Crippen LogP contribution is -2.12. The Kier molecular flexibility index (Phi) is 2.84. The summed E-state index contributed by atoms with van der Waals surface area (Å²) in [5, 5.41) is 17.7. The van der Waals surface area contributed by atoms with Gasteiger partial charge in [0, 0.05) is 5.92 Å². The number of hydrogen-bond acceptors (Lipinski definition) is 2. The summed E-state index contributed by atoms with van der Waals surface area (Å²) in [6.45, 7) is 1.84. The number of nitriles is 1. The molecule has 0 saturated carbocycles. The van der Waals surface area contributed by atoms with E-state index in [1.165, 1.54) is 0 Å². The van der Waals surface area contributed by atoms with Crippen molar-refractivity contribution in [2.75, 3.05) is 0 Å². The zero-order chi connectivity index (χ0) is 8.97. The number of hydrogen-bond donors (Lipinski definition) is 1. The smallest absolute Gasteiger partial charge is 0.147 e. The quantitative estimate of drug-likeness (QED) is 0.670. The molecule has 2 heteroatoms. The van der Waals surface area contributed by atoms with Crippen molar-refractivity contribution < 1.29 is 5.11 Å². The molecule has 0 spiro atoms. The van der Waals surface area contributed by atoms with Gasteiger partial charge >= 0.3 is 0 Å². The molecule has 0 bridgehead atoms. The van der Waals surface area contributed by atoms with E-state index in [0.717, 1.165) is 5.56 Å². The van der Waals surface area contributed by atoms with Crippen molar-refractivity contribution in [1.29, 1.82) is 5.26 Å². The number of benzene rings is 1. The Labute approximate surface area is 72.1 Å². The van der Waals surface area contributed by atoms with Gasteiger partial charge in [0.1, 0.15) is 6.10 Å². The van der Waals surface area contributed by atoms with Crippen molar-refractivity contribution in [2.45, 2.75) is 18.9 Å². The molecule has 0 aromatic heterocycles. The van der Waals surface area contributed by atoms with Crippen LogP contribution in [0.15, 0.2) is 30.3 Å². The zero-order valence-electron chi connectivity index (χ0n) is 6.94. The predicted molar refractivity (Wildman–Crippen MR) is 46.5 cm³/mol. The predicted octanol–water partition coefficient (Wildman–Crippen LogP) is 1.67. The minimum absolute atomic E-state index is 0.115. The van der Waals surface area contributed by atoms with Crippen LogP contribution < -0.4 is 0 Å². The SMILES string of the molecule is C[C@@H](c1ccccc1)[C@@H](O)C#N. The van der Waals surface area contributed by atoms with Gasteiger partial charge in [-0.3, -0.25) is 0 Å². The lowest BCUT2D eigenvalue weighted by Gasteiger charge is -2.11. The van der Waals surface area contributed by atoms with Gasteiger partial charge in [-0.2, -0.15) is 5.26 Å². The van der Waals surface area contributed by atoms with Crippen LogP contribution in [0.25, 0.3) is 0 Å². The Morgan fingerprint density at radius 2 is 1.92 bits per heavy atom. The third-order valence-corrected chi connectivity index (χ3v) is 1.93. The van der Waals surface area contributed by atoms with Crippen molar-refractivity contribution in [3.8, 4) is 6.07 Å². The van der Waals surface area contributed by atoms with Crippen molar-refractivity contribution in [1.82, 2.24) is 0 Å². The van der Waals surface area contributed by atoms with Crippen LogP contribution in [0.4, 0.5) is 0 Å². The molecule has 1 N–H and O–H groups in total. The lowest BCUT2D eigenvalue weighted by molar-refractivity contribution is 0.204. The molecule has 0 radical (unpaired) electrons. The molecule has 0 aliphatic heterocycles. The van der Waals surface area contributed by atoms with Crippen molar-refractivity contribution in [2.24, 2.45) is 0 Å². The molecule has 0 amide bonds. The van der Waals surface area contributed by atoms with Crippen LogP contribution in [0.3, 0.4) is 0 Å². The second-order valence-electron chi connectivity index (χ2n) is 2.77. The van der Waals surface area contributed by atoms with Crippen LogP contribution in [0.5, 0.6) is 0 Å². The van der Waals surface area contributed by atoms with Gasteiger partial charge in [-0.05, 0) is 5.56 Å². The number of nitrogens with zero attached hydrogens (tertiary/aromatic N) is 1. The standard InChI is InChI=1S/C10H11NO/c1-8(10(12)7-11)9-5-3-2-4-6-9/h2-6,8,10,12H,1H3/t8-,10-/m0/s1. The van der Waals surface area contributed by atoms with Gasteiger partial charge in [0.2, 0.25) is 0 Å². The normalized spacial score (nSPS) is 14.8. The molecular weight excluding hydrogens is 150 g/mol. The summed E-state index contributed by atoms with van der Waals surface area (Å²) in [6, 6.07) is 11.3. The first kappa shape index (κ1) is 8.76. The molecule has 0 heterocycles. The molecule has 1 aromatic rings. The maximum atomic E-state index is 9.22. The van der Waals surface area contributed by atoms with E-state index in [-0.39, 0.29) is 5.92 Å². The summed E-state index contributed by atoms with van der Waals surface area (Å²) in [5.41, 5.74) is 0.992. The average molecular weight is 161 g/mol. The van der Waals surface area contributed by atoms with Crippen LogP contribution in [-0.4, -0.2) is 11.2 Å². The van der Waals surface area contributed by atoms with E-state index >= 15 is 0 Å². The average Bonchev–Trinajstić information content (AvgIpc) is 2.17. The summed E-state index contributed by atoms with van der Waals surface area (Å²) in [6.07, 6.45) is -0.910. The molecule has 62 valence electrons. The molecule has 2 atom stereocenters. The molecule has 1 aromatic carbocycles. The molecule has 0 aliphatic carbocycles. The summed E-state index contributed by atoms with van der Waals surface area (Å²) < 4.78 is 0. The van der Waals surface area contributed by atoms with E-state index < -0.39 is 6.10 Å². The van der Waals surface area contributed by atoms with E-state index in [1.54, 1.807) is 0 Å². The fourth-order valence-corrected chi connectivity index (χ4v) is 1.05. The molecule has 2 nitrogen and oxygen atoms in total.